The number of benzene rings is 2. The van der Waals surface area contributed by atoms with Crippen LogP contribution in [0.25, 0.3) is 0 Å². The molecule has 10 nitrogen and oxygen atoms in total. The highest BCUT2D eigenvalue weighted by atomic mass is 32.2. The molecule has 3 aromatic rings. The summed E-state index contributed by atoms with van der Waals surface area (Å²) in [6.45, 7) is 5.42. The molecule has 0 N–H and O–H groups in total. The Kier molecular flexibility index (Phi) is 6.76. The van der Waals surface area contributed by atoms with Crippen molar-refractivity contribution in [2.75, 3.05) is 12.9 Å². The summed E-state index contributed by atoms with van der Waals surface area (Å²) < 4.78 is 57.9. The first-order valence-corrected chi connectivity index (χ1v) is 14.1. The van der Waals surface area contributed by atoms with Crippen LogP contribution >= 0.6 is 0 Å². The van der Waals surface area contributed by atoms with E-state index in [0.29, 0.717) is 16.8 Å². The number of nitrogens with zero attached hydrogens (tertiary/aromatic N) is 3. The van der Waals surface area contributed by atoms with Gasteiger partial charge in [0.1, 0.15) is 17.6 Å². The van der Waals surface area contributed by atoms with Crippen LogP contribution in [0.2, 0.25) is 0 Å². The number of sulfone groups is 1. The molecular weight excluding hydrogens is 506 g/mol. The second-order valence-electron chi connectivity index (χ2n) is 8.26. The van der Waals surface area contributed by atoms with E-state index in [9.17, 15) is 21.6 Å². The van der Waals surface area contributed by atoms with Crippen LogP contribution in [0.3, 0.4) is 0 Å². The summed E-state index contributed by atoms with van der Waals surface area (Å²) >= 11 is 0. The molecule has 190 valence electrons. The molecule has 0 spiro atoms. The van der Waals surface area contributed by atoms with Crippen LogP contribution in [0.15, 0.2) is 57.5 Å². The highest BCUT2D eigenvalue weighted by Crippen LogP contribution is 2.33. The lowest BCUT2D eigenvalue weighted by molar-refractivity contribution is 0.103. The average Bonchev–Trinajstić information content (AvgIpc) is 3.23. The van der Waals surface area contributed by atoms with Crippen LogP contribution in [0.5, 0.6) is 5.88 Å². The van der Waals surface area contributed by atoms with Crippen molar-refractivity contribution in [1.29, 1.82) is 0 Å². The number of ketones is 1. The van der Waals surface area contributed by atoms with Crippen LogP contribution in [-0.4, -0.2) is 51.0 Å². The predicted octanol–water partition coefficient (Wildman–Crippen LogP) is 3.05. The summed E-state index contributed by atoms with van der Waals surface area (Å²) in [4.78, 5) is 18.5. The van der Waals surface area contributed by atoms with Gasteiger partial charge >= 0.3 is 10.1 Å². The van der Waals surface area contributed by atoms with Gasteiger partial charge in [-0.25, -0.2) is 13.1 Å². The van der Waals surface area contributed by atoms with Crippen molar-refractivity contribution in [3.63, 3.8) is 0 Å². The fourth-order valence-electron chi connectivity index (χ4n) is 4.06. The third-order valence-corrected chi connectivity index (χ3v) is 8.92. The van der Waals surface area contributed by atoms with Gasteiger partial charge < -0.3 is 9.02 Å². The Labute approximate surface area is 209 Å². The molecule has 1 aromatic heterocycles. The largest absolute Gasteiger partial charge is 0.399 e. The molecule has 0 aliphatic carbocycles. The first-order chi connectivity index (χ1) is 17.0. The van der Waals surface area contributed by atoms with Crippen LogP contribution in [0, 0.1) is 13.8 Å². The third-order valence-electron chi connectivity index (χ3n) is 5.94. The van der Waals surface area contributed by atoms with Gasteiger partial charge in [-0.1, -0.05) is 22.9 Å². The molecule has 2 heterocycles. The second-order valence-corrected chi connectivity index (χ2v) is 11.9. The van der Waals surface area contributed by atoms with Gasteiger partial charge in [-0.05, 0) is 50.6 Å². The monoisotopic (exact) mass is 531 g/mol. The molecule has 0 radical (unpaired) electrons. The van der Waals surface area contributed by atoms with Crippen molar-refractivity contribution in [2.24, 2.45) is 5.16 Å². The normalized spacial score (nSPS) is 15.9. The van der Waals surface area contributed by atoms with E-state index in [1.807, 2.05) is 6.92 Å². The molecule has 1 aliphatic rings. The zero-order valence-corrected chi connectivity index (χ0v) is 21.8. The van der Waals surface area contributed by atoms with Gasteiger partial charge in [-0.3, -0.25) is 4.79 Å². The van der Waals surface area contributed by atoms with Crippen molar-refractivity contribution in [3.05, 3.63) is 70.4 Å². The number of hydrogen-bond acceptors (Lipinski definition) is 9. The van der Waals surface area contributed by atoms with Crippen LogP contribution in [-0.2, 0) is 31.3 Å². The topological polar surface area (TPSA) is 134 Å². The van der Waals surface area contributed by atoms with Crippen molar-refractivity contribution < 1.29 is 30.7 Å². The van der Waals surface area contributed by atoms with E-state index in [0.717, 1.165) is 5.56 Å². The molecule has 1 aliphatic heterocycles. The van der Waals surface area contributed by atoms with Crippen molar-refractivity contribution >= 4 is 31.5 Å². The van der Waals surface area contributed by atoms with Gasteiger partial charge in [0.15, 0.2) is 15.6 Å². The average molecular weight is 532 g/mol. The summed E-state index contributed by atoms with van der Waals surface area (Å²) in [5.74, 6) is -0.907. The van der Waals surface area contributed by atoms with Gasteiger partial charge in [-0.2, -0.15) is 13.5 Å². The smallest absolute Gasteiger partial charge is 0.340 e. The molecular formula is C24H25N3O7S2. The zero-order valence-electron chi connectivity index (χ0n) is 20.2. The Balaban J connectivity index is 1.81. The van der Waals surface area contributed by atoms with E-state index >= 15 is 0 Å². The minimum absolute atomic E-state index is 0.0639. The number of carbonyl (C=O) groups excluding carboxylic acids is 1. The Hall–Kier alpha value is -3.51. The molecule has 0 saturated heterocycles. The Morgan fingerprint density at radius 2 is 1.81 bits per heavy atom. The number of rotatable bonds is 7. The Bertz CT molecular complexity index is 1590. The maximum absolute atomic E-state index is 13.6. The van der Waals surface area contributed by atoms with E-state index in [4.69, 9.17) is 9.02 Å². The minimum atomic E-state index is -4.25. The lowest BCUT2D eigenvalue weighted by Gasteiger charge is -2.21. The van der Waals surface area contributed by atoms with Gasteiger partial charge in [0.25, 0.3) is 0 Å². The van der Waals surface area contributed by atoms with Gasteiger partial charge in [-0.15, -0.1) is 0 Å². The molecule has 4 rings (SSSR count). The van der Waals surface area contributed by atoms with E-state index in [2.05, 4.69) is 10.3 Å². The summed E-state index contributed by atoms with van der Waals surface area (Å²) in [6.07, 6.45) is 1.38. The molecule has 2 aromatic carbocycles. The van der Waals surface area contributed by atoms with Gasteiger partial charge in [0.2, 0.25) is 5.88 Å². The minimum Gasteiger partial charge on any atom is -0.399 e. The number of aromatic nitrogens is 2. The van der Waals surface area contributed by atoms with E-state index in [-0.39, 0.29) is 45.5 Å². The maximum atomic E-state index is 13.6. The first kappa shape index (κ1) is 25.6. The second kappa shape index (κ2) is 9.51. The Morgan fingerprint density at radius 3 is 2.44 bits per heavy atom. The molecule has 0 unspecified atom stereocenters. The van der Waals surface area contributed by atoms with Crippen molar-refractivity contribution in [3.8, 4) is 5.88 Å². The van der Waals surface area contributed by atoms with Gasteiger partial charge in [0, 0.05) is 24.1 Å². The van der Waals surface area contributed by atoms with E-state index < -0.39 is 25.7 Å². The van der Waals surface area contributed by atoms with Crippen molar-refractivity contribution in [2.45, 2.75) is 43.5 Å². The summed E-state index contributed by atoms with van der Waals surface area (Å²) in [7, 11) is -6.45. The Morgan fingerprint density at radius 1 is 1.11 bits per heavy atom. The SMILES string of the molecule is CCn1ncc(C(=O)c2ccc3c(c2C)/C(=N/OC)CCS3(=O)=O)c1OS(=O)(=O)c1ccc(C)cc1. The highest BCUT2D eigenvalue weighted by Gasteiger charge is 2.33. The molecule has 0 bridgehead atoms. The molecule has 0 amide bonds. The molecule has 0 fully saturated rings. The number of carbonyl (C=O) groups is 1. The molecule has 0 atom stereocenters. The predicted molar refractivity (Wildman–Crippen MR) is 132 cm³/mol. The highest BCUT2D eigenvalue weighted by molar-refractivity contribution is 7.91. The molecule has 36 heavy (non-hydrogen) atoms. The first-order valence-electron chi connectivity index (χ1n) is 11.1. The fraction of sp³-hybridized carbons (Fsp3) is 0.292. The van der Waals surface area contributed by atoms with Crippen molar-refractivity contribution in [1.82, 2.24) is 9.78 Å². The van der Waals surface area contributed by atoms with E-state index in [1.165, 1.54) is 42.3 Å². The standard InChI is InChI=1S/C24H25N3O7S2/c1-5-27-24(34-36(31,32)17-8-6-15(2)7-9-17)19(14-25-27)23(28)18-10-11-21-22(16(18)3)20(26-33-4)12-13-35(21,29)30/h6-11,14H,5,12-13H2,1-4H3/b26-20+. The fourth-order valence-corrected chi connectivity index (χ4v) is 6.55. The zero-order chi connectivity index (χ0) is 26.3. The summed E-state index contributed by atoms with van der Waals surface area (Å²) in [5.41, 5.74) is 2.09. The van der Waals surface area contributed by atoms with Crippen LogP contribution in [0.4, 0.5) is 0 Å². The molecule has 12 heteroatoms. The van der Waals surface area contributed by atoms with Crippen LogP contribution < -0.4 is 4.18 Å². The lowest BCUT2D eigenvalue weighted by Crippen LogP contribution is -2.24. The summed E-state index contributed by atoms with van der Waals surface area (Å²) in [5, 5.41) is 8.09. The van der Waals surface area contributed by atoms with Crippen LogP contribution in [0.1, 0.15) is 46.0 Å². The number of hydrogen-bond donors (Lipinski definition) is 0. The quantitative estimate of drug-likeness (QED) is 0.258. The lowest BCUT2D eigenvalue weighted by atomic mass is 9.93. The number of fused-ring (bicyclic) bond motifs is 1. The molecule has 0 saturated carbocycles. The third kappa shape index (κ3) is 4.53. The van der Waals surface area contributed by atoms with Gasteiger partial charge in [0.05, 0.1) is 22.6 Å². The van der Waals surface area contributed by atoms with E-state index in [1.54, 1.807) is 26.0 Å². The summed E-state index contributed by atoms with van der Waals surface area (Å²) in [6, 6.07) is 8.90. The number of oxime groups is 1. The maximum Gasteiger partial charge on any atom is 0.340 e. The number of aryl methyl sites for hydroxylation is 2.